The van der Waals surface area contributed by atoms with Crippen molar-refractivity contribution in [3.8, 4) is 0 Å². The largest absolute Gasteiger partial charge is 0.355 e. The first-order valence-corrected chi connectivity index (χ1v) is 8.95. The van der Waals surface area contributed by atoms with Gasteiger partial charge in [0.15, 0.2) is 5.82 Å². The molecule has 2 aromatic rings. The van der Waals surface area contributed by atoms with Gasteiger partial charge in [-0.2, -0.15) is 5.10 Å². The minimum absolute atomic E-state index is 0.806. The molecule has 0 atom stereocenters. The van der Waals surface area contributed by atoms with Crippen LogP contribution in [-0.4, -0.2) is 46.9 Å². The molecule has 2 fully saturated rings. The van der Waals surface area contributed by atoms with Crippen molar-refractivity contribution in [3.05, 3.63) is 48.2 Å². The summed E-state index contributed by atoms with van der Waals surface area (Å²) in [5, 5.41) is 4.78. The van der Waals surface area contributed by atoms with Crippen LogP contribution in [0.4, 0.5) is 5.82 Å². The van der Waals surface area contributed by atoms with E-state index in [0.29, 0.717) is 0 Å². The SMILES string of the molecule is c1ccc(Cn2ccc(N3CCC(N4CCCC4)CC3)n2)cc1. The van der Waals surface area contributed by atoms with E-state index in [4.69, 9.17) is 5.10 Å². The fourth-order valence-electron chi connectivity index (χ4n) is 3.95. The van der Waals surface area contributed by atoms with Crippen molar-refractivity contribution in [1.29, 1.82) is 0 Å². The summed E-state index contributed by atoms with van der Waals surface area (Å²) in [5.74, 6) is 1.14. The summed E-state index contributed by atoms with van der Waals surface area (Å²) in [6, 6.07) is 13.5. The van der Waals surface area contributed by atoms with Crippen molar-refractivity contribution in [2.75, 3.05) is 31.1 Å². The average molecular weight is 310 g/mol. The van der Waals surface area contributed by atoms with Gasteiger partial charge in [0, 0.05) is 31.4 Å². The maximum Gasteiger partial charge on any atom is 0.150 e. The van der Waals surface area contributed by atoms with Crippen LogP contribution in [0.2, 0.25) is 0 Å². The number of aromatic nitrogens is 2. The molecule has 0 radical (unpaired) electrons. The first-order valence-electron chi connectivity index (χ1n) is 8.95. The molecule has 0 aliphatic carbocycles. The smallest absolute Gasteiger partial charge is 0.150 e. The van der Waals surface area contributed by atoms with Gasteiger partial charge < -0.3 is 9.80 Å². The van der Waals surface area contributed by atoms with Gasteiger partial charge in [-0.25, -0.2) is 0 Å². The Morgan fingerprint density at radius 3 is 2.39 bits per heavy atom. The summed E-state index contributed by atoms with van der Waals surface area (Å²) in [7, 11) is 0. The van der Waals surface area contributed by atoms with Crippen LogP contribution in [0.3, 0.4) is 0 Å². The van der Waals surface area contributed by atoms with Gasteiger partial charge in [-0.05, 0) is 44.3 Å². The van der Waals surface area contributed by atoms with Gasteiger partial charge in [0.2, 0.25) is 0 Å². The summed E-state index contributed by atoms with van der Waals surface area (Å²) < 4.78 is 2.05. The molecule has 2 aliphatic heterocycles. The summed E-state index contributed by atoms with van der Waals surface area (Å²) in [6.07, 6.45) is 7.46. The van der Waals surface area contributed by atoms with Crippen molar-refractivity contribution < 1.29 is 0 Å². The van der Waals surface area contributed by atoms with Gasteiger partial charge in [-0.3, -0.25) is 4.68 Å². The number of anilines is 1. The maximum atomic E-state index is 4.78. The zero-order chi connectivity index (χ0) is 15.5. The van der Waals surface area contributed by atoms with Gasteiger partial charge in [0.1, 0.15) is 0 Å². The summed E-state index contributed by atoms with van der Waals surface area (Å²) >= 11 is 0. The zero-order valence-corrected chi connectivity index (χ0v) is 13.8. The zero-order valence-electron chi connectivity index (χ0n) is 13.8. The van der Waals surface area contributed by atoms with Crippen molar-refractivity contribution in [2.45, 2.75) is 38.3 Å². The van der Waals surface area contributed by atoms with Gasteiger partial charge >= 0.3 is 0 Å². The molecule has 3 heterocycles. The number of hydrogen-bond donors (Lipinski definition) is 0. The van der Waals surface area contributed by atoms with E-state index < -0.39 is 0 Å². The lowest BCUT2D eigenvalue weighted by Crippen LogP contribution is -2.44. The first kappa shape index (κ1) is 14.8. The molecule has 2 aliphatic rings. The molecule has 1 aromatic heterocycles. The van der Waals surface area contributed by atoms with Crippen LogP contribution in [0.1, 0.15) is 31.2 Å². The third-order valence-corrected chi connectivity index (χ3v) is 5.26. The van der Waals surface area contributed by atoms with Crippen LogP contribution in [-0.2, 0) is 6.54 Å². The van der Waals surface area contributed by atoms with E-state index in [-0.39, 0.29) is 0 Å². The van der Waals surface area contributed by atoms with E-state index in [9.17, 15) is 0 Å². The fourth-order valence-corrected chi connectivity index (χ4v) is 3.95. The highest BCUT2D eigenvalue weighted by atomic mass is 15.3. The molecule has 0 N–H and O–H groups in total. The van der Waals surface area contributed by atoms with Crippen molar-refractivity contribution in [1.82, 2.24) is 14.7 Å². The van der Waals surface area contributed by atoms with Gasteiger partial charge in [-0.1, -0.05) is 30.3 Å². The molecular weight excluding hydrogens is 284 g/mol. The van der Waals surface area contributed by atoms with Gasteiger partial charge in [0.25, 0.3) is 0 Å². The second-order valence-corrected chi connectivity index (χ2v) is 6.82. The monoisotopic (exact) mass is 310 g/mol. The van der Waals surface area contributed by atoms with E-state index in [0.717, 1.165) is 31.5 Å². The molecule has 122 valence electrons. The minimum Gasteiger partial charge on any atom is -0.355 e. The molecule has 23 heavy (non-hydrogen) atoms. The van der Waals surface area contributed by atoms with Crippen molar-refractivity contribution in [3.63, 3.8) is 0 Å². The third-order valence-electron chi connectivity index (χ3n) is 5.26. The van der Waals surface area contributed by atoms with E-state index in [2.05, 4.69) is 57.1 Å². The van der Waals surface area contributed by atoms with Crippen LogP contribution in [0.5, 0.6) is 0 Å². The maximum absolute atomic E-state index is 4.78. The molecular formula is C19H26N4. The molecule has 0 amide bonds. The number of likely N-dealkylation sites (tertiary alicyclic amines) is 1. The van der Waals surface area contributed by atoms with Crippen molar-refractivity contribution >= 4 is 5.82 Å². The molecule has 0 unspecified atom stereocenters. The summed E-state index contributed by atoms with van der Waals surface area (Å²) in [4.78, 5) is 5.15. The van der Waals surface area contributed by atoms with E-state index in [1.54, 1.807) is 0 Å². The molecule has 0 spiro atoms. The predicted octanol–water partition coefficient (Wildman–Crippen LogP) is 3.00. The lowest BCUT2D eigenvalue weighted by Gasteiger charge is -2.36. The minimum atomic E-state index is 0.806. The Morgan fingerprint density at radius 2 is 1.65 bits per heavy atom. The molecule has 0 saturated carbocycles. The third kappa shape index (κ3) is 3.42. The lowest BCUT2D eigenvalue weighted by atomic mass is 10.0. The van der Waals surface area contributed by atoms with Crippen LogP contribution >= 0.6 is 0 Å². The highest BCUT2D eigenvalue weighted by molar-refractivity contribution is 5.37. The number of piperidine rings is 1. The van der Waals surface area contributed by atoms with Crippen LogP contribution in [0.25, 0.3) is 0 Å². The van der Waals surface area contributed by atoms with Gasteiger partial charge in [-0.15, -0.1) is 0 Å². The molecule has 0 bridgehead atoms. The van der Waals surface area contributed by atoms with Crippen LogP contribution in [0, 0.1) is 0 Å². The molecule has 4 heteroatoms. The van der Waals surface area contributed by atoms with Crippen LogP contribution in [0.15, 0.2) is 42.6 Å². The summed E-state index contributed by atoms with van der Waals surface area (Å²) in [6.45, 7) is 5.77. The molecule has 1 aromatic carbocycles. The number of hydrogen-bond acceptors (Lipinski definition) is 3. The fraction of sp³-hybridized carbons (Fsp3) is 0.526. The Balaban J connectivity index is 1.34. The average Bonchev–Trinajstić information content (AvgIpc) is 3.28. The number of rotatable bonds is 4. The van der Waals surface area contributed by atoms with Gasteiger partial charge in [0.05, 0.1) is 6.54 Å². The first-order chi connectivity index (χ1) is 11.4. The van der Waals surface area contributed by atoms with E-state index in [1.165, 1.54) is 44.3 Å². The molecule has 4 rings (SSSR count). The quantitative estimate of drug-likeness (QED) is 0.867. The Bertz CT molecular complexity index is 607. The van der Waals surface area contributed by atoms with Crippen LogP contribution < -0.4 is 4.90 Å². The predicted molar refractivity (Wildman–Crippen MR) is 93.8 cm³/mol. The highest BCUT2D eigenvalue weighted by Gasteiger charge is 2.27. The Morgan fingerprint density at radius 1 is 0.913 bits per heavy atom. The van der Waals surface area contributed by atoms with E-state index in [1.807, 2.05) is 0 Å². The second-order valence-electron chi connectivity index (χ2n) is 6.82. The number of nitrogens with zero attached hydrogens (tertiary/aromatic N) is 4. The Labute approximate surface area is 138 Å². The normalized spacial score (nSPS) is 20.3. The van der Waals surface area contributed by atoms with Crippen molar-refractivity contribution in [2.24, 2.45) is 0 Å². The topological polar surface area (TPSA) is 24.3 Å². The lowest BCUT2D eigenvalue weighted by molar-refractivity contribution is 0.207. The Hall–Kier alpha value is -1.81. The number of benzene rings is 1. The molecule has 2 saturated heterocycles. The Kier molecular flexibility index (Phi) is 4.33. The summed E-state index contributed by atoms with van der Waals surface area (Å²) in [5.41, 5.74) is 1.30. The second kappa shape index (κ2) is 6.75. The van der Waals surface area contributed by atoms with E-state index >= 15 is 0 Å². The highest BCUT2D eigenvalue weighted by Crippen LogP contribution is 2.24. The standard InChI is InChI=1S/C19H26N4/c1-2-6-17(7-3-1)16-23-15-10-19(20-23)22-13-8-18(9-14-22)21-11-4-5-12-21/h1-3,6-7,10,15,18H,4-5,8-9,11-14,16H2. The molecule has 4 nitrogen and oxygen atoms in total.